The summed E-state index contributed by atoms with van der Waals surface area (Å²) in [5.74, 6) is 0.660. The van der Waals surface area contributed by atoms with Crippen LogP contribution in [-0.4, -0.2) is 48.9 Å². The van der Waals surface area contributed by atoms with E-state index in [2.05, 4.69) is 52.5 Å². The highest BCUT2D eigenvalue weighted by Crippen LogP contribution is 2.31. The highest BCUT2D eigenvalue weighted by molar-refractivity contribution is 7.99. The van der Waals surface area contributed by atoms with Crippen LogP contribution in [0.1, 0.15) is 75.3 Å². The lowest BCUT2D eigenvalue weighted by Crippen LogP contribution is -2.49. The van der Waals surface area contributed by atoms with Crippen molar-refractivity contribution in [3.05, 3.63) is 29.3 Å². The van der Waals surface area contributed by atoms with Gasteiger partial charge in [-0.2, -0.15) is 4.68 Å². The lowest BCUT2D eigenvalue weighted by molar-refractivity contribution is -0.135. The van der Waals surface area contributed by atoms with Crippen LogP contribution in [0.25, 0.3) is 5.69 Å². The maximum atomic E-state index is 13.4. The van der Waals surface area contributed by atoms with Gasteiger partial charge in [0.05, 0.1) is 11.4 Å². The highest BCUT2D eigenvalue weighted by Gasteiger charge is 2.32. The maximum absolute atomic E-state index is 13.4. The van der Waals surface area contributed by atoms with E-state index in [1.807, 2.05) is 0 Å². The molecule has 2 saturated carbocycles. The van der Waals surface area contributed by atoms with Crippen LogP contribution in [0.15, 0.2) is 23.4 Å². The third-order valence-electron chi connectivity index (χ3n) is 6.58. The number of carbonyl (C=O) groups is 1. The maximum Gasteiger partial charge on any atom is 0.233 e. The summed E-state index contributed by atoms with van der Waals surface area (Å²) in [7, 11) is 0. The average molecular weight is 428 g/mol. The Kier molecular flexibility index (Phi) is 7.08. The number of aryl methyl sites for hydroxylation is 2. The quantitative estimate of drug-likeness (QED) is 0.616. The number of benzene rings is 1. The predicted molar refractivity (Wildman–Crippen MR) is 120 cm³/mol. The van der Waals surface area contributed by atoms with Crippen LogP contribution >= 0.6 is 11.8 Å². The first-order chi connectivity index (χ1) is 14.6. The molecule has 2 aromatic rings. The molecule has 4 rings (SSSR count). The molecule has 2 fully saturated rings. The molecule has 0 N–H and O–H groups in total. The third kappa shape index (κ3) is 4.88. The summed E-state index contributed by atoms with van der Waals surface area (Å²) in [5.41, 5.74) is 3.26. The molecule has 7 heteroatoms. The zero-order chi connectivity index (χ0) is 20.9. The van der Waals surface area contributed by atoms with Gasteiger partial charge in [0.15, 0.2) is 0 Å². The summed E-state index contributed by atoms with van der Waals surface area (Å²) < 4.78 is 1.77. The number of tetrazole rings is 1. The molecule has 2 aliphatic carbocycles. The smallest absolute Gasteiger partial charge is 0.233 e. The Balaban J connectivity index is 1.48. The van der Waals surface area contributed by atoms with Gasteiger partial charge in [-0.05, 0) is 67.2 Å². The van der Waals surface area contributed by atoms with Crippen LogP contribution in [-0.2, 0) is 4.79 Å². The minimum Gasteiger partial charge on any atom is -0.336 e. The number of hydrogen-bond donors (Lipinski definition) is 0. The predicted octanol–water partition coefficient (Wildman–Crippen LogP) is 4.87. The zero-order valence-corrected chi connectivity index (χ0v) is 19.0. The Morgan fingerprint density at radius 2 is 1.67 bits per heavy atom. The van der Waals surface area contributed by atoms with Gasteiger partial charge in [0.1, 0.15) is 0 Å². The van der Waals surface area contributed by atoms with Gasteiger partial charge in [0.2, 0.25) is 11.1 Å². The molecule has 1 amide bonds. The van der Waals surface area contributed by atoms with E-state index >= 15 is 0 Å². The minimum atomic E-state index is 0.259. The first-order valence-electron chi connectivity index (χ1n) is 11.4. The molecule has 162 valence electrons. The molecule has 0 bridgehead atoms. The molecule has 2 aliphatic rings. The SMILES string of the molecule is Cc1ccc(C)c(-n2nnnc2SCC(=O)N(C2CCCCC2)C2CCCCC2)c1. The van der Waals surface area contributed by atoms with Crippen LogP contribution in [0.2, 0.25) is 0 Å². The summed E-state index contributed by atoms with van der Waals surface area (Å²) in [6, 6.07) is 7.11. The van der Waals surface area contributed by atoms with Gasteiger partial charge in [-0.15, -0.1) is 5.10 Å². The summed E-state index contributed by atoms with van der Waals surface area (Å²) >= 11 is 1.46. The Hall–Kier alpha value is -1.89. The standard InChI is InChI=1S/C23H33N5OS/c1-17-13-14-18(2)21(15-17)28-23(24-25-26-28)30-16-22(29)27(19-9-5-3-6-10-19)20-11-7-4-8-12-20/h13-15,19-20H,3-12,16H2,1-2H3. The lowest BCUT2D eigenvalue weighted by Gasteiger charge is -2.41. The summed E-state index contributed by atoms with van der Waals surface area (Å²) in [6.45, 7) is 4.12. The van der Waals surface area contributed by atoms with E-state index < -0.39 is 0 Å². The lowest BCUT2D eigenvalue weighted by atomic mass is 9.88. The van der Waals surface area contributed by atoms with Crippen LogP contribution in [0, 0.1) is 13.8 Å². The number of nitrogens with zero attached hydrogens (tertiary/aromatic N) is 5. The van der Waals surface area contributed by atoms with Crippen LogP contribution < -0.4 is 0 Å². The molecule has 30 heavy (non-hydrogen) atoms. The van der Waals surface area contributed by atoms with Gasteiger partial charge in [0.25, 0.3) is 0 Å². The first-order valence-corrected chi connectivity index (χ1v) is 12.4. The number of rotatable bonds is 6. The number of carbonyl (C=O) groups excluding carboxylic acids is 1. The van der Waals surface area contributed by atoms with E-state index in [4.69, 9.17) is 0 Å². The molecular formula is C23H33N5OS. The van der Waals surface area contributed by atoms with Crippen molar-refractivity contribution in [1.82, 2.24) is 25.1 Å². The topological polar surface area (TPSA) is 63.9 Å². The van der Waals surface area contributed by atoms with Gasteiger partial charge >= 0.3 is 0 Å². The fraction of sp³-hybridized carbons (Fsp3) is 0.652. The third-order valence-corrected chi connectivity index (χ3v) is 7.49. The first kappa shape index (κ1) is 21.3. The Morgan fingerprint density at radius 3 is 2.30 bits per heavy atom. The van der Waals surface area contributed by atoms with Crippen molar-refractivity contribution in [2.45, 2.75) is 95.3 Å². The van der Waals surface area contributed by atoms with Crippen molar-refractivity contribution >= 4 is 17.7 Å². The van der Waals surface area contributed by atoms with Gasteiger partial charge < -0.3 is 4.90 Å². The number of aromatic nitrogens is 4. The Bertz CT molecular complexity index is 837. The monoisotopic (exact) mass is 427 g/mol. The Labute approximate surface area is 183 Å². The Morgan fingerprint density at radius 1 is 1.03 bits per heavy atom. The fourth-order valence-corrected chi connectivity index (χ4v) is 5.75. The molecule has 1 aromatic heterocycles. The van der Waals surface area contributed by atoms with Crippen molar-refractivity contribution in [1.29, 1.82) is 0 Å². The van der Waals surface area contributed by atoms with E-state index in [1.54, 1.807) is 4.68 Å². The van der Waals surface area contributed by atoms with Crippen molar-refractivity contribution in [2.75, 3.05) is 5.75 Å². The van der Waals surface area contributed by atoms with Crippen molar-refractivity contribution in [3.8, 4) is 5.69 Å². The van der Waals surface area contributed by atoms with Crippen LogP contribution in [0.5, 0.6) is 0 Å². The number of hydrogen-bond acceptors (Lipinski definition) is 5. The van der Waals surface area contributed by atoms with Gasteiger partial charge in [0, 0.05) is 12.1 Å². The van der Waals surface area contributed by atoms with Gasteiger partial charge in [-0.25, -0.2) is 0 Å². The average Bonchev–Trinajstić information content (AvgIpc) is 3.24. The minimum absolute atomic E-state index is 0.259. The zero-order valence-electron chi connectivity index (χ0n) is 18.2. The second-order valence-electron chi connectivity index (χ2n) is 8.84. The second kappa shape index (κ2) is 9.94. The second-order valence-corrected chi connectivity index (χ2v) is 9.78. The van der Waals surface area contributed by atoms with Gasteiger partial charge in [-0.1, -0.05) is 62.4 Å². The molecule has 6 nitrogen and oxygen atoms in total. The number of thioether (sulfide) groups is 1. The van der Waals surface area contributed by atoms with E-state index in [-0.39, 0.29) is 5.91 Å². The summed E-state index contributed by atoms with van der Waals surface area (Å²) in [4.78, 5) is 15.7. The van der Waals surface area contributed by atoms with Gasteiger partial charge in [-0.3, -0.25) is 4.79 Å². The number of amides is 1. The summed E-state index contributed by atoms with van der Waals surface area (Å²) in [6.07, 6.45) is 12.3. The van der Waals surface area contributed by atoms with E-state index in [0.717, 1.165) is 36.9 Å². The molecule has 0 atom stereocenters. The largest absolute Gasteiger partial charge is 0.336 e. The normalized spacial score (nSPS) is 18.5. The molecule has 0 spiro atoms. The van der Waals surface area contributed by atoms with Crippen molar-refractivity contribution in [2.24, 2.45) is 0 Å². The molecule has 1 heterocycles. The van der Waals surface area contributed by atoms with Crippen molar-refractivity contribution < 1.29 is 4.79 Å². The van der Waals surface area contributed by atoms with Crippen LogP contribution in [0.3, 0.4) is 0 Å². The fourth-order valence-electron chi connectivity index (χ4n) is 4.99. The highest BCUT2D eigenvalue weighted by atomic mass is 32.2. The van der Waals surface area contributed by atoms with E-state index in [0.29, 0.717) is 23.0 Å². The molecule has 0 aliphatic heterocycles. The van der Waals surface area contributed by atoms with Crippen LogP contribution in [0.4, 0.5) is 0 Å². The molecular weight excluding hydrogens is 394 g/mol. The molecule has 0 radical (unpaired) electrons. The summed E-state index contributed by atoms with van der Waals surface area (Å²) in [5, 5.41) is 13.0. The molecule has 1 aromatic carbocycles. The van der Waals surface area contributed by atoms with Crippen molar-refractivity contribution in [3.63, 3.8) is 0 Å². The van der Waals surface area contributed by atoms with E-state index in [9.17, 15) is 4.79 Å². The molecule has 0 saturated heterocycles. The molecule has 0 unspecified atom stereocenters. The van der Waals surface area contributed by atoms with E-state index in [1.165, 1.54) is 55.9 Å².